The van der Waals surface area contributed by atoms with E-state index in [-0.39, 0.29) is 11.5 Å². The summed E-state index contributed by atoms with van der Waals surface area (Å²) in [6, 6.07) is 6.83. The average Bonchev–Trinajstić information content (AvgIpc) is 2.67. The van der Waals surface area contributed by atoms with Crippen LogP contribution in [0.25, 0.3) is 0 Å². The van der Waals surface area contributed by atoms with Gasteiger partial charge in [-0.05, 0) is 24.2 Å². The van der Waals surface area contributed by atoms with Crippen molar-refractivity contribution in [3.05, 3.63) is 58.1 Å². The number of likely N-dealkylation sites (N-methyl/N-ethyl adjacent to an activating group) is 1. The Hall–Kier alpha value is -2.67. The van der Waals surface area contributed by atoms with Gasteiger partial charge >= 0.3 is 0 Å². The number of pyridine rings is 2. The van der Waals surface area contributed by atoms with Gasteiger partial charge in [-0.2, -0.15) is 0 Å². The summed E-state index contributed by atoms with van der Waals surface area (Å²) in [5, 5.41) is 2.83. The number of amides is 1. The third kappa shape index (κ3) is 4.45. The fraction of sp³-hybridized carbons (Fsp3) is 0.389. The first-order valence-electron chi connectivity index (χ1n) is 8.55. The third-order valence-electron chi connectivity index (χ3n) is 4.45. The first-order valence-corrected chi connectivity index (χ1v) is 8.55. The molecule has 1 fully saturated rings. The van der Waals surface area contributed by atoms with E-state index in [1.165, 1.54) is 18.3 Å². The van der Waals surface area contributed by atoms with Gasteiger partial charge in [0.15, 0.2) is 0 Å². The maximum Gasteiger partial charge on any atom is 0.253 e. The van der Waals surface area contributed by atoms with E-state index >= 15 is 0 Å². The van der Waals surface area contributed by atoms with Crippen LogP contribution in [0.1, 0.15) is 22.8 Å². The van der Waals surface area contributed by atoms with Crippen molar-refractivity contribution in [2.24, 2.45) is 0 Å². The number of carbonyl (C=O) groups is 1. The summed E-state index contributed by atoms with van der Waals surface area (Å²) in [5.74, 6) is 0.752. The van der Waals surface area contributed by atoms with Gasteiger partial charge in [0.2, 0.25) is 5.56 Å². The van der Waals surface area contributed by atoms with E-state index in [1.54, 1.807) is 6.20 Å². The molecule has 7 heteroatoms. The van der Waals surface area contributed by atoms with Gasteiger partial charge in [0.1, 0.15) is 5.82 Å². The standard InChI is InChI=1S/C18H23N5O2/c1-2-22-7-9-23(10-8-22)16-5-3-14(11-19-16)12-21-18(25)15-4-6-17(24)20-13-15/h3-6,11,13H,2,7-10,12H2,1H3,(H,20,24)(H,21,25). The number of hydrogen-bond donors (Lipinski definition) is 2. The molecular formula is C18H23N5O2. The number of hydrogen-bond acceptors (Lipinski definition) is 5. The molecule has 132 valence electrons. The van der Waals surface area contributed by atoms with Crippen molar-refractivity contribution in [2.75, 3.05) is 37.6 Å². The highest BCUT2D eigenvalue weighted by atomic mass is 16.1. The van der Waals surface area contributed by atoms with Crippen LogP contribution in [0.15, 0.2) is 41.5 Å². The number of H-pyrrole nitrogens is 1. The summed E-state index contributed by atoms with van der Waals surface area (Å²) in [7, 11) is 0. The van der Waals surface area contributed by atoms with Crippen LogP contribution in [0, 0.1) is 0 Å². The summed E-state index contributed by atoms with van der Waals surface area (Å²) >= 11 is 0. The molecule has 1 amide bonds. The Morgan fingerprint density at radius 2 is 2.00 bits per heavy atom. The first kappa shape index (κ1) is 17.2. The van der Waals surface area contributed by atoms with Crippen LogP contribution < -0.4 is 15.8 Å². The predicted molar refractivity (Wildman–Crippen MR) is 96.8 cm³/mol. The van der Waals surface area contributed by atoms with Gasteiger partial charge in [-0.3, -0.25) is 9.59 Å². The van der Waals surface area contributed by atoms with Crippen molar-refractivity contribution < 1.29 is 4.79 Å². The number of rotatable bonds is 5. The molecule has 2 aromatic heterocycles. The van der Waals surface area contributed by atoms with Crippen molar-refractivity contribution >= 4 is 11.7 Å². The van der Waals surface area contributed by atoms with E-state index in [2.05, 4.69) is 32.0 Å². The molecule has 3 heterocycles. The zero-order chi connectivity index (χ0) is 17.6. The van der Waals surface area contributed by atoms with Crippen LogP contribution in [0.4, 0.5) is 5.82 Å². The SMILES string of the molecule is CCN1CCN(c2ccc(CNC(=O)c3ccc(=O)[nH]c3)cn2)CC1. The van der Waals surface area contributed by atoms with Gasteiger partial charge in [0.25, 0.3) is 5.91 Å². The molecule has 7 nitrogen and oxygen atoms in total. The molecule has 1 aliphatic heterocycles. The Kier molecular flexibility index (Phi) is 5.45. The summed E-state index contributed by atoms with van der Waals surface area (Å²) < 4.78 is 0. The van der Waals surface area contributed by atoms with Gasteiger partial charge in [0.05, 0.1) is 5.56 Å². The fourth-order valence-corrected chi connectivity index (χ4v) is 2.84. The smallest absolute Gasteiger partial charge is 0.253 e. The molecule has 0 aliphatic carbocycles. The lowest BCUT2D eigenvalue weighted by Gasteiger charge is -2.34. The van der Waals surface area contributed by atoms with Crippen LogP contribution in [0.2, 0.25) is 0 Å². The first-order chi connectivity index (χ1) is 12.2. The molecular weight excluding hydrogens is 318 g/mol. The highest BCUT2D eigenvalue weighted by Crippen LogP contribution is 2.14. The monoisotopic (exact) mass is 341 g/mol. The molecule has 0 spiro atoms. The third-order valence-corrected chi connectivity index (χ3v) is 4.45. The fourth-order valence-electron chi connectivity index (χ4n) is 2.84. The molecule has 1 saturated heterocycles. The molecule has 3 rings (SSSR count). The van der Waals surface area contributed by atoms with E-state index in [1.807, 2.05) is 12.1 Å². The minimum absolute atomic E-state index is 0.226. The topological polar surface area (TPSA) is 81.3 Å². The van der Waals surface area contributed by atoms with E-state index in [9.17, 15) is 9.59 Å². The second-order valence-corrected chi connectivity index (χ2v) is 6.07. The molecule has 0 unspecified atom stereocenters. The molecule has 0 aromatic carbocycles. The predicted octanol–water partition coefficient (Wildman–Crippen LogP) is 0.842. The molecule has 0 saturated carbocycles. The molecule has 0 bridgehead atoms. The largest absolute Gasteiger partial charge is 0.354 e. The number of piperazine rings is 1. The lowest BCUT2D eigenvalue weighted by Crippen LogP contribution is -2.46. The maximum absolute atomic E-state index is 12.0. The van der Waals surface area contributed by atoms with Crippen molar-refractivity contribution in [1.82, 2.24) is 20.2 Å². The lowest BCUT2D eigenvalue weighted by atomic mass is 10.2. The van der Waals surface area contributed by atoms with Crippen LogP contribution in [0.3, 0.4) is 0 Å². The van der Waals surface area contributed by atoms with Crippen LogP contribution >= 0.6 is 0 Å². The quantitative estimate of drug-likeness (QED) is 0.842. The van der Waals surface area contributed by atoms with Crippen LogP contribution in [-0.4, -0.2) is 53.5 Å². The Morgan fingerprint density at radius 3 is 2.60 bits per heavy atom. The normalized spacial score (nSPS) is 15.2. The van der Waals surface area contributed by atoms with Gasteiger partial charge in [-0.1, -0.05) is 13.0 Å². The van der Waals surface area contributed by atoms with Gasteiger partial charge < -0.3 is 20.1 Å². The van der Waals surface area contributed by atoms with E-state index in [0.717, 1.165) is 44.1 Å². The lowest BCUT2D eigenvalue weighted by molar-refractivity contribution is 0.0950. The molecule has 2 aromatic rings. The Balaban J connectivity index is 1.53. The zero-order valence-corrected chi connectivity index (χ0v) is 14.4. The summed E-state index contributed by atoms with van der Waals surface area (Å²) in [5.41, 5.74) is 1.14. The van der Waals surface area contributed by atoms with Crippen molar-refractivity contribution in [3.8, 4) is 0 Å². The van der Waals surface area contributed by atoms with Crippen LogP contribution in [0.5, 0.6) is 0 Å². The summed E-state index contributed by atoms with van der Waals surface area (Å²) in [6.45, 7) is 7.78. The molecule has 1 aliphatic rings. The molecule has 0 radical (unpaired) electrons. The van der Waals surface area contributed by atoms with Gasteiger partial charge in [-0.15, -0.1) is 0 Å². The van der Waals surface area contributed by atoms with E-state index in [0.29, 0.717) is 12.1 Å². The average molecular weight is 341 g/mol. The van der Waals surface area contributed by atoms with Crippen molar-refractivity contribution in [3.63, 3.8) is 0 Å². The second kappa shape index (κ2) is 7.94. The van der Waals surface area contributed by atoms with Gasteiger partial charge in [0, 0.05) is 51.2 Å². The Bertz CT molecular complexity index is 743. The summed E-state index contributed by atoms with van der Waals surface area (Å²) in [4.78, 5) is 34.8. The molecule has 2 N–H and O–H groups in total. The molecule has 25 heavy (non-hydrogen) atoms. The van der Waals surface area contributed by atoms with Crippen molar-refractivity contribution in [2.45, 2.75) is 13.5 Å². The number of carbonyl (C=O) groups excluding carboxylic acids is 1. The van der Waals surface area contributed by atoms with Crippen LogP contribution in [-0.2, 0) is 6.54 Å². The minimum atomic E-state index is -0.226. The maximum atomic E-state index is 12.0. The summed E-state index contributed by atoms with van der Waals surface area (Å²) in [6.07, 6.45) is 3.21. The number of aromatic amines is 1. The van der Waals surface area contributed by atoms with Gasteiger partial charge in [-0.25, -0.2) is 4.98 Å². The van der Waals surface area contributed by atoms with Crippen molar-refractivity contribution in [1.29, 1.82) is 0 Å². The number of anilines is 1. The Labute approximate surface area is 146 Å². The highest BCUT2D eigenvalue weighted by Gasteiger charge is 2.16. The number of nitrogens with one attached hydrogen (secondary N) is 2. The molecule has 0 atom stereocenters. The van der Waals surface area contributed by atoms with E-state index < -0.39 is 0 Å². The van der Waals surface area contributed by atoms with E-state index in [4.69, 9.17) is 0 Å². The number of aromatic nitrogens is 2. The minimum Gasteiger partial charge on any atom is -0.354 e. The highest BCUT2D eigenvalue weighted by molar-refractivity contribution is 5.93. The number of nitrogens with zero attached hydrogens (tertiary/aromatic N) is 3. The Morgan fingerprint density at radius 1 is 1.20 bits per heavy atom. The zero-order valence-electron chi connectivity index (χ0n) is 14.4. The second-order valence-electron chi connectivity index (χ2n) is 6.07.